The number of fused-ring (bicyclic) bond motifs is 1. The van der Waals surface area contributed by atoms with E-state index in [1.807, 2.05) is 43.0 Å². The highest BCUT2D eigenvalue weighted by Gasteiger charge is 2.20. The van der Waals surface area contributed by atoms with E-state index in [9.17, 15) is 4.79 Å². The maximum absolute atomic E-state index is 12.7. The normalized spacial score (nSPS) is 13.6. The van der Waals surface area contributed by atoms with Gasteiger partial charge in [-0.3, -0.25) is 4.79 Å². The van der Waals surface area contributed by atoms with Gasteiger partial charge in [0.1, 0.15) is 5.75 Å². The van der Waals surface area contributed by atoms with Gasteiger partial charge in [-0.05, 0) is 43.0 Å². The van der Waals surface area contributed by atoms with Crippen LogP contribution in [0.4, 0.5) is 0 Å². The molecule has 0 fully saturated rings. The van der Waals surface area contributed by atoms with E-state index < -0.39 is 0 Å². The maximum atomic E-state index is 12.7. The first kappa shape index (κ1) is 20.7. The van der Waals surface area contributed by atoms with Crippen LogP contribution in [0.2, 0.25) is 0 Å². The van der Waals surface area contributed by atoms with Crippen LogP contribution in [0.1, 0.15) is 29.2 Å². The Kier molecular flexibility index (Phi) is 7.11. The third-order valence-electron chi connectivity index (χ3n) is 5.08. The molecule has 2 aromatic carbocycles. The molecule has 2 N–H and O–H groups in total. The molecule has 0 aromatic heterocycles. The van der Waals surface area contributed by atoms with Gasteiger partial charge in [-0.15, -0.1) is 0 Å². The average molecular weight is 395 g/mol. The van der Waals surface area contributed by atoms with Gasteiger partial charge in [0.15, 0.2) is 5.96 Å². The van der Waals surface area contributed by atoms with Crippen LogP contribution < -0.4 is 15.4 Å². The zero-order valence-electron chi connectivity index (χ0n) is 17.5. The number of rotatable bonds is 6. The summed E-state index contributed by atoms with van der Waals surface area (Å²) in [5.41, 5.74) is 4.73. The Hall–Kier alpha value is -3.02. The van der Waals surface area contributed by atoms with Crippen LogP contribution in [-0.2, 0) is 24.3 Å². The third kappa shape index (κ3) is 5.50. The molecular weight excluding hydrogens is 364 g/mol. The molecule has 0 bridgehead atoms. The fourth-order valence-electron chi connectivity index (χ4n) is 3.47. The zero-order chi connectivity index (χ0) is 20.6. The molecule has 0 aliphatic carbocycles. The van der Waals surface area contributed by atoms with Crippen molar-refractivity contribution < 1.29 is 9.53 Å². The predicted molar refractivity (Wildman–Crippen MR) is 116 cm³/mol. The number of ether oxygens (including phenoxy) is 1. The summed E-state index contributed by atoms with van der Waals surface area (Å²) in [6.45, 7) is 6.89. The van der Waals surface area contributed by atoms with E-state index in [0.29, 0.717) is 19.0 Å². The van der Waals surface area contributed by atoms with E-state index in [4.69, 9.17) is 4.74 Å². The molecule has 6 heteroatoms. The second-order valence-corrected chi connectivity index (χ2v) is 7.20. The van der Waals surface area contributed by atoms with Gasteiger partial charge in [0, 0.05) is 25.2 Å². The van der Waals surface area contributed by atoms with Gasteiger partial charge in [-0.1, -0.05) is 36.4 Å². The number of aryl methyl sites for hydroxylation is 1. The minimum absolute atomic E-state index is 0.0815. The molecule has 0 atom stereocenters. The Morgan fingerprint density at radius 2 is 1.97 bits per heavy atom. The number of hydrogen-bond acceptors (Lipinski definition) is 3. The van der Waals surface area contributed by atoms with Gasteiger partial charge < -0.3 is 20.3 Å². The Morgan fingerprint density at radius 3 is 2.72 bits per heavy atom. The van der Waals surface area contributed by atoms with Gasteiger partial charge >= 0.3 is 0 Å². The third-order valence-corrected chi connectivity index (χ3v) is 5.08. The molecule has 1 aliphatic rings. The van der Waals surface area contributed by atoms with E-state index in [1.165, 1.54) is 11.1 Å². The Balaban J connectivity index is 1.59. The lowest BCUT2D eigenvalue weighted by Crippen LogP contribution is -2.45. The van der Waals surface area contributed by atoms with Crippen molar-refractivity contribution >= 4 is 11.9 Å². The number of methoxy groups -OCH3 is 1. The number of aliphatic imine (C=N–C) groups is 1. The zero-order valence-corrected chi connectivity index (χ0v) is 17.5. The van der Waals surface area contributed by atoms with Crippen LogP contribution in [0, 0.1) is 6.92 Å². The van der Waals surface area contributed by atoms with Gasteiger partial charge in [0.25, 0.3) is 0 Å². The van der Waals surface area contributed by atoms with Crippen molar-refractivity contribution in [3.8, 4) is 5.75 Å². The highest BCUT2D eigenvalue weighted by Crippen LogP contribution is 2.21. The summed E-state index contributed by atoms with van der Waals surface area (Å²) in [4.78, 5) is 19.2. The summed E-state index contributed by atoms with van der Waals surface area (Å²) in [5.74, 6) is 1.53. The molecule has 1 heterocycles. The summed E-state index contributed by atoms with van der Waals surface area (Å²) < 4.78 is 5.45. The van der Waals surface area contributed by atoms with E-state index in [1.54, 1.807) is 7.11 Å². The minimum atomic E-state index is 0.0815. The molecule has 1 aliphatic heterocycles. The Morgan fingerprint density at radius 1 is 1.17 bits per heavy atom. The van der Waals surface area contributed by atoms with Crippen molar-refractivity contribution in [2.24, 2.45) is 4.99 Å². The van der Waals surface area contributed by atoms with Crippen molar-refractivity contribution in [1.29, 1.82) is 0 Å². The van der Waals surface area contributed by atoms with E-state index in [2.05, 4.69) is 33.8 Å². The fourth-order valence-corrected chi connectivity index (χ4v) is 3.47. The van der Waals surface area contributed by atoms with Gasteiger partial charge in [0.05, 0.1) is 20.2 Å². The molecular formula is C23H30N4O2. The van der Waals surface area contributed by atoms with E-state index in [-0.39, 0.29) is 12.5 Å². The van der Waals surface area contributed by atoms with Crippen LogP contribution in [0.3, 0.4) is 0 Å². The second kappa shape index (κ2) is 9.96. The number of nitrogens with one attached hydrogen (secondary N) is 2. The molecule has 29 heavy (non-hydrogen) atoms. The quantitative estimate of drug-likeness (QED) is 0.584. The molecule has 0 saturated carbocycles. The highest BCUT2D eigenvalue weighted by atomic mass is 16.5. The minimum Gasteiger partial charge on any atom is -0.496 e. The molecule has 0 unspecified atom stereocenters. The van der Waals surface area contributed by atoms with Crippen LogP contribution in [0.5, 0.6) is 5.75 Å². The number of carbonyl (C=O) groups is 1. The number of amides is 1. The van der Waals surface area contributed by atoms with Crippen LogP contribution in [-0.4, -0.2) is 43.5 Å². The van der Waals surface area contributed by atoms with Crippen LogP contribution in [0.25, 0.3) is 0 Å². The predicted octanol–water partition coefficient (Wildman–Crippen LogP) is 2.64. The van der Waals surface area contributed by atoms with Crippen molar-refractivity contribution in [3.05, 3.63) is 64.7 Å². The average Bonchev–Trinajstić information content (AvgIpc) is 2.75. The summed E-state index contributed by atoms with van der Waals surface area (Å²) in [5, 5.41) is 6.37. The number of benzene rings is 2. The first-order valence-electron chi connectivity index (χ1n) is 10.1. The lowest BCUT2D eigenvalue weighted by molar-refractivity contribution is -0.130. The molecule has 1 amide bonds. The Labute approximate surface area is 173 Å². The summed E-state index contributed by atoms with van der Waals surface area (Å²) in [6.07, 6.45) is 0.906. The van der Waals surface area contributed by atoms with E-state index >= 15 is 0 Å². The fraction of sp³-hybridized carbons (Fsp3) is 0.391. The van der Waals surface area contributed by atoms with Crippen molar-refractivity contribution in [1.82, 2.24) is 15.5 Å². The lowest BCUT2D eigenvalue weighted by atomic mass is 10.00. The topological polar surface area (TPSA) is 66.0 Å². The smallest absolute Gasteiger partial charge is 0.242 e. The largest absolute Gasteiger partial charge is 0.496 e. The number of hydrogen-bond donors (Lipinski definition) is 2. The van der Waals surface area contributed by atoms with E-state index in [0.717, 1.165) is 36.4 Å². The highest BCUT2D eigenvalue weighted by molar-refractivity contribution is 5.86. The molecule has 0 spiro atoms. The van der Waals surface area contributed by atoms with Crippen molar-refractivity contribution in [2.75, 3.05) is 26.7 Å². The second-order valence-electron chi connectivity index (χ2n) is 7.20. The molecule has 0 radical (unpaired) electrons. The van der Waals surface area contributed by atoms with Gasteiger partial charge in [-0.25, -0.2) is 4.99 Å². The summed E-state index contributed by atoms with van der Waals surface area (Å²) >= 11 is 0. The number of guanidine groups is 1. The SMILES string of the molecule is CCNC(=NCc1ccc(C)cc1OC)NCC(=O)N1CCc2ccccc2C1. The van der Waals surface area contributed by atoms with Crippen molar-refractivity contribution in [3.63, 3.8) is 0 Å². The summed E-state index contributed by atoms with van der Waals surface area (Å²) in [7, 11) is 1.67. The first-order valence-corrected chi connectivity index (χ1v) is 10.1. The van der Waals surface area contributed by atoms with Crippen LogP contribution >= 0.6 is 0 Å². The molecule has 6 nitrogen and oxygen atoms in total. The molecule has 0 saturated heterocycles. The molecule has 154 valence electrons. The van der Waals surface area contributed by atoms with Gasteiger partial charge in [0.2, 0.25) is 5.91 Å². The first-order chi connectivity index (χ1) is 14.1. The number of carbonyl (C=O) groups excluding carboxylic acids is 1. The number of nitrogens with zero attached hydrogens (tertiary/aromatic N) is 2. The summed E-state index contributed by atoms with van der Waals surface area (Å²) in [6, 6.07) is 14.4. The molecule has 2 aromatic rings. The van der Waals surface area contributed by atoms with Crippen LogP contribution in [0.15, 0.2) is 47.5 Å². The maximum Gasteiger partial charge on any atom is 0.242 e. The lowest BCUT2D eigenvalue weighted by Gasteiger charge is -2.29. The standard InChI is InChI=1S/C23H30N4O2/c1-4-24-23(25-14-19-10-9-17(2)13-21(19)29-3)26-15-22(28)27-12-11-18-7-5-6-8-20(18)16-27/h5-10,13H,4,11-12,14-16H2,1-3H3,(H2,24,25,26). The monoisotopic (exact) mass is 394 g/mol. The van der Waals surface area contributed by atoms with Gasteiger partial charge in [-0.2, -0.15) is 0 Å². The van der Waals surface area contributed by atoms with Crippen molar-refractivity contribution in [2.45, 2.75) is 33.4 Å². The molecule has 3 rings (SSSR count). The Bertz CT molecular complexity index is 879.